The minimum absolute atomic E-state index is 0.198. The van der Waals surface area contributed by atoms with E-state index in [-0.39, 0.29) is 18.9 Å². The first kappa shape index (κ1) is 9.85. The van der Waals surface area contributed by atoms with E-state index in [9.17, 15) is 20.2 Å². The van der Waals surface area contributed by atoms with Crippen molar-refractivity contribution in [3.63, 3.8) is 0 Å². The average Bonchev–Trinajstić information content (AvgIpc) is 2.82. The van der Waals surface area contributed by atoms with E-state index >= 15 is 0 Å². The molecule has 1 radical (unpaired) electrons. The van der Waals surface area contributed by atoms with E-state index in [0.717, 1.165) is 0 Å². The Balaban J connectivity index is 2.79. The number of hydrogen-bond donors (Lipinski definition) is 0. The zero-order valence-electron chi connectivity index (χ0n) is 6.84. The van der Waals surface area contributed by atoms with E-state index in [1.54, 1.807) is 0 Å². The quantitative estimate of drug-likeness (QED) is 0.267. The van der Waals surface area contributed by atoms with E-state index in [2.05, 4.69) is 6.92 Å². The topological polar surface area (TPSA) is 98.8 Å². The lowest BCUT2D eigenvalue weighted by Gasteiger charge is -2.13. The molecular weight excluding hydrogens is 180 g/mol. The van der Waals surface area contributed by atoms with E-state index in [1.807, 2.05) is 0 Å². The molecule has 0 bridgehead atoms. The summed E-state index contributed by atoms with van der Waals surface area (Å²) in [6.07, 6.45) is -0.916. The van der Waals surface area contributed by atoms with E-state index < -0.39 is 15.5 Å². The molecule has 1 unspecified atom stereocenters. The minimum Gasteiger partial charge on any atom is -0.373 e. The van der Waals surface area contributed by atoms with Gasteiger partial charge in [-0.15, -0.1) is 0 Å². The van der Waals surface area contributed by atoms with Crippen molar-refractivity contribution in [1.29, 1.82) is 0 Å². The van der Waals surface area contributed by atoms with Gasteiger partial charge >= 0.3 is 5.66 Å². The third kappa shape index (κ3) is 1.74. The molecule has 73 valence electrons. The van der Waals surface area contributed by atoms with Gasteiger partial charge in [0, 0.05) is 0 Å². The Morgan fingerprint density at radius 2 is 1.92 bits per heavy atom. The van der Waals surface area contributed by atoms with Crippen molar-refractivity contribution in [3.8, 4) is 0 Å². The number of epoxide rings is 1. The maximum absolute atomic E-state index is 10.5. The summed E-state index contributed by atoms with van der Waals surface area (Å²) in [6.45, 7) is 3.61. The first-order valence-corrected chi connectivity index (χ1v) is 3.73. The van der Waals surface area contributed by atoms with Crippen molar-refractivity contribution in [2.45, 2.75) is 24.6 Å². The van der Waals surface area contributed by atoms with Crippen LogP contribution in [0.5, 0.6) is 0 Å². The summed E-state index contributed by atoms with van der Waals surface area (Å²) in [6, 6.07) is 0. The van der Waals surface area contributed by atoms with Crippen molar-refractivity contribution in [2.24, 2.45) is 0 Å². The molecule has 1 heterocycles. The highest BCUT2D eigenvalue weighted by atomic mass is 16.7. The molecule has 0 saturated carbocycles. The van der Waals surface area contributed by atoms with Crippen molar-refractivity contribution in [1.82, 2.24) is 0 Å². The molecular formula is C6H9N2O5. The third-order valence-corrected chi connectivity index (χ3v) is 2.04. The summed E-state index contributed by atoms with van der Waals surface area (Å²) in [7, 11) is 0. The van der Waals surface area contributed by atoms with Crippen molar-refractivity contribution in [3.05, 3.63) is 27.2 Å². The van der Waals surface area contributed by atoms with Crippen LogP contribution in [-0.4, -0.2) is 28.2 Å². The number of nitro groups is 2. The van der Waals surface area contributed by atoms with Gasteiger partial charge in [-0.25, -0.2) is 0 Å². The van der Waals surface area contributed by atoms with Crippen molar-refractivity contribution in [2.75, 3.05) is 6.61 Å². The molecule has 0 aliphatic carbocycles. The molecule has 0 aromatic rings. The van der Waals surface area contributed by atoms with Crippen LogP contribution in [0.2, 0.25) is 0 Å². The predicted molar refractivity (Wildman–Crippen MR) is 41.1 cm³/mol. The molecule has 1 fully saturated rings. The van der Waals surface area contributed by atoms with Crippen LogP contribution in [0.25, 0.3) is 0 Å². The first-order chi connectivity index (χ1) is 6.03. The first-order valence-electron chi connectivity index (χ1n) is 3.73. The largest absolute Gasteiger partial charge is 0.461 e. The van der Waals surface area contributed by atoms with Crippen LogP contribution in [0.15, 0.2) is 0 Å². The fraction of sp³-hybridized carbons (Fsp3) is 0.833. The number of ether oxygens (including phenoxy) is 1. The Morgan fingerprint density at radius 3 is 2.15 bits per heavy atom. The minimum atomic E-state index is -2.17. The molecule has 1 rings (SSSR count). The molecule has 7 nitrogen and oxygen atoms in total. The van der Waals surface area contributed by atoms with Gasteiger partial charge < -0.3 is 4.74 Å². The standard InChI is InChI=1S/C6H9N2O5/c1-2-6(7(9)10,8(11)12)3-5-4-13-5/h5H,1-4H2. The van der Waals surface area contributed by atoms with Crippen molar-refractivity contribution < 1.29 is 14.6 Å². The highest BCUT2D eigenvalue weighted by molar-refractivity contribution is 4.80. The van der Waals surface area contributed by atoms with Gasteiger partial charge in [0.15, 0.2) is 0 Å². The molecule has 1 saturated heterocycles. The molecule has 0 aromatic heterocycles. The van der Waals surface area contributed by atoms with Gasteiger partial charge in [-0.2, -0.15) is 0 Å². The second-order valence-corrected chi connectivity index (χ2v) is 2.91. The van der Waals surface area contributed by atoms with Gasteiger partial charge in [-0.05, 0) is 6.92 Å². The van der Waals surface area contributed by atoms with Gasteiger partial charge in [-0.3, -0.25) is 20.2 Å². The summed E-state index contributed by atoms with van der Waals surface area (Å²) < 4.78 is 4.73. The Labute approximate surface area is 74.0 Å². The average molecular weight is 189 g/mol. The third-order valence-electron chi connectivity index (χ3n) is 2.04. The summed E-state index contributed by atoms with van der Waals surface area (Å²) >= 11 is 0. The lowest BCUT2D eigenvalue weighted by Crippen LogP contribution is -2.46. The van der Waals surface area contributed by atoms with Gasteiger partial charge in [-0.1, -0.05) is 0 Å². The second kappa shape index (κ2) is 3.25. The predicted octanol–water partition coefficient (Wildman–Crippen LogP) is 0.249. The van der Waals surface area contributed by atoms with Gasteiger partial charge in [0.2, 0.25) is 0 Å². The van der Waals surface area contributed by atoms with Crippen LogP contribution in [0, 0.1) is 27.2 Å². The Morgan fingerprint density at radius 1 is 1.46 bits per heavy atom. The maximum Gasteiger partial charge on any atom is 0.461 e. The van der Waals surface area contributed by atoms with Crippen LogP contribution in [0.1, 0.15) is 12.8 Å². The second-order valence-electron chi connectivity index (χ2n) is 2.91. The molecule has 0 spiro atoms. The Kier molecular flexibility index (Phi) is 2.46. The van der Waals surface area contributed by atoms with E-state index in [1.165, 1.54) is 0 Å². The SMILES string of the molecule is [CH2]CC(CC1CO1)([N+](=O)[O-])[N+](=O)[O-]. The molecule has 13 heavy (non-hydrogen) atoms. The highest BCUT2D eigenvalue weighted by Crippen LogP contribution is 2.28. The molecule has 0 aromatic carbocycles. The summed E-state index contributed by atoms with van der Waals surface area (Å²) in [4.78, 5) is 19.3. The van der Waals surface area contributed by atoms with E-state index in [4.69, 9.17) is 4.74 Å². The molecule has 0 amide bonds. The van der Waals surface area contributed by atoms with E-state index in [0.29, 0.717) is 6.61 Å². The molecule has 7 heteroatoms. The van der Waals surface area contributed by atoms with Crippen LogP contribution < -0.4 is 0 Å². The Hall–Kier alpha value is -1.24. The van der Waals surface area contributed by atoms with Gasteiger partial charge in [0.25, 0.3) is 0 Å². The smallest absolute Gasteiger partial charge is 0.373 e. The van der Waals surface area contributed by atoms with Crippen LogP contribution in [0.4, 0.5) is 0 Å². The van der Waals surface area contributed by atoms with Crippen LogP contribution in [-0.2, 0) is 4.74 Å². The van der Waals surface area contributed by atoms with Gasteiger partial charge in [0.1, 0.15) is 6.42 Å². The fourth-order valence-electron chi connectivity index (χ4n) is 1.05. The highest BCUT2D eigenvalue weighted by Gasteiger charge is 2.57. The number of hydrogen-bond acceptors (Lipinski definition) is 5. The zero-order chi connectivity index (χ0) is 10.1. The maximum atomic E-state index is 10.5. The zero-order valence-corrected chi connectivity index (χ0v) is 6.84. The molecule has 1 aliphatic rings. The molecule has 1 aliphatic heterocycles. The lowest BCUT2D eigenvalue weighted by molar-refractivity contribution is -0.797. The normalized spacial score (nSPS) is 21.2. The van der Waals surface area contributed by atoms with Crippen LogP contribution in [0.3, 0.4) is 0 Å². The number of rotatable bonds is 5. The van der Waals surface area contributed by atoms with Gasteiger partial charge in [0.05, 0.1) is 29.0 Å². The monoisotopic (exact) mass is 189 g/mol. The lowest BCUT2D eigenvalue weighted by atomic mass is 10.0. The fourth-order valence-corrected chi connectivity index (χ4v) is 1.05. The summed E-state index contributed by atoms with van der Waals surface area (Å²) in [5, 5.41) is 21.1. The Bertz CT molecular complexity index is 223. The van der Waals surface area contributed by atoms with Crippen LogP contribution >= 0.6 is 0 Å². The summed E-state index contributed by atoms with van der Waals surface area (Å²) in [5.41, 5.74) is -2.17. The molecule has 0 N–H and O–H groups in total. The van der Waals surface area contributed by atoms with Crippen molar-refractivity contribution >= 4 is 0 Å². The number of nitrogens with zero attached hydrogens (tertiary/aromatic N) is 2. The summed E-state index contributed by atoms with van der Waals surface area (Å²) in [5.74, 6) is 0. The molecule has 1 atom stereocenters.